The Labute approximate surface area is 256 Å². The highest BCUT2D eigenvalue weighted by atomic mass is 16.5. The highest BCUT2D eigenvalue weighted by Gasteiger charge is 2.32. The molecule has 0 atom stereocenters. The van der Waals surface area contributed by atoms with Gasteiger partial charge in [0.05, 0.1) is 12.7 Å². The third-order valence-electron chi connectivity index (χ3n) is 8.15. The molecule has 0 bridgehead atoms. The van der Waals surface area contributed by atoms with Crippen LogP contribution in [0.1, 0.15) is 24.0 Å². The van der Waals surface area contributed by atoms with Gasteiger partial charge in [-0.2, -0.15) is 0 Å². The molecule has 1 fully saturated rings. The van der Waals surface area contributed by atoms with Crippen LogP contribution in [-0.4, -0.2) is 18.2 Å². The van der Waals surface area contributed by atoms with Gasteiger partial charge in [0.15, 0.2) is 0 Å². The number of anilines is 1. The maximum absolute atomic E-state index is 12.8. The standard InChI is InChI=1S/C38H32N2O4/c1-24-21-34(43-23-25-9-4-3-5-10-25)33(31-14-8-12-26-11-6-7-13-30(26)31)22-32(24)36-35(27-17-19-29(42-2)20-18-27)38(44-40-36)39-37(41)28-15-16-28/h3-14,17-22,28H,15-16,23H2,1-2H3,(H,39,41). The van der Waals surface area contributed by atoms with Crippen molar-refractivity contribution in [2.24, 2.45) is 5.92 Å². The molecule has 0 unspecified atom stereocenters. The van der Waals surface area contributed by atoms with E-state index in [1.54, 1.807) is 7.11 Å². The number of benzene rings is 5. The quantitative estimate of drug-likeness (QED) is 0.185. The Hall–Kier alpha value is -5.36. The fraction of sp³-hybridized carbons (Fsp3) is 0.158. The smallest absolute Gasteiger partial charge is 0.239 e. The molecular weight excluding hydrogens is 548 g/mol. The minimum absolute atomic E-state index is 0.0213. The summed E-state index contributed by atoms with van der Waals surface area (Å²) in [7, 11) is 1.64. The third-order valence-corrected chi connectivity index (χ3v) is 8.15. The van der Waals surface area contributed by atoms with Crippen molar-refractivity contribution in [1.82, 2.24) is 5.16 Å². The van der Waals surface area contributed by atoms with Crippen LogP contribution in [0.25, 0.3) is 44.3 Å². The molecule has 0 spiro atoms. The van der Waals surface area contributed by atoms with Gasteiger partial charge >= 0.3 is 0 Å². The zero-order valence-corrected chi connectivity index (χ0v) is 24.7. The minimum Gasteiger partial charge on any atom is -0.497 e. The van der Waals surface area contributed by atoms with Crippen molar-refractivity contribution in [3.05, 3.63) is 120 Å². The van der Waals surface area contributed by atoms with Crippen LogP contribution in [0, 0.1) is 12.8 Å². The maximum Gasteiger partial charge on any atom is 0.239 e. The molecule has 1 heterocycles. The lowest BCUT2D eigenvalue weighted by atomic mass is 9.91. The molecule has 6 aromatic rings. The molecule has 7 rings (SSSR count). The third kappa shape index (κ3) is 5.42. The number of amides is 1. The SMILES string of the molecule is COc1ccc(-c2c(-c3cc(-c4cccc5ccccc45)c(OCc4ccccc4)cc3C)noc2NC(=O)C2CC2)cc1. The molecule has 1 saturated carbocycles. The average Bonchev–Trinajstić information content (AvgIpc) is 3.85. The van der Waals surface area contributed by atoms with Crippen LogP contribution in [0.2, 0.25) is 0 Å². The monoisotopic (exact) mass is 580 g/mol. The van der Waals surface area contributed by atoms with Crippen molar-refractivity contribution in [2.75, 3.05) is 12.4 Å². The number of ether oxygens (including phenoxy) is 2. The van der Waals surface area contributed by atoms with Crippen LogP contribution in [-0.2, 0) is 11.4 Å². The van der Waals surface area contributed by atoms with E-state index in [4.69, 9.17) is 14.0 Å². The van der Waals surface area contributed by atoms with E-state index in [-0.39, 0.29) is 11.8 Å². The number of hydrogen-bond acceptors (Lipinski definition) is 5. The average molecular weight is 581 g/mol. The molecular formula is C38H32N2O4. The Kier molecular flexibility index (Phi) is 7.32. The molecule has 1 aromatic heterocycles. The van der Waals surface area contributed by atoms with Gasteiger partial charge in [0.25, 0.3) is 0 Å². The van der Waals surface area contributed by atoms with Gasteiger partial charge in [0, 0.05) is 17.0 Å². The lowest BCUT2D eigenvalue weighted by Crippen LogP contribution is -2.13. The van der Waals surface area contributed by atoms with Crippen LogP contribution in [0.15, 0.2) is 114 Å². The second-order valence-electron chi connectivity index (χ2n) is 11.2. The second kappa shape index (κ2) is 11.7. The van der Waals surface area contributed by atoms with Crippen molar-refractivity contribution < 1.29 is 18.8 Å². The number of hydrogen-bond donors (Lipinski definition) is 1. The summed E-state index contributed by atoms with van der Waals surface area (Å²) in [4.78, 5) is 12.8. The van der Waals surface area contributed by atoms with Gasteiger partial charge < -0.3 is 14.0 Å². The first kappa shape index (κ1) is 27.5. The fourth-order valence-corrected chi connectivity index (χ4v) is 5.61. The number of aromatic nitrogens is 1. The van der Waals surface area contributed by atoms with Gasteiger partial charge in [-0.05, 0) is 77.1 Å². The van der Waals surface area contributed by atoms with Gasteiger partial charge in [-0.25, -0.2) is 0 Å². The minimum atomic E-state index is -0.0414. The fourth-order valence-electron chi connectivity index (χ4n) is 5.61. The molecule has 6 nitrogen and oxygen atoms in total. The summed E-state index contributed by atoms with van der Waals surface area (Å²) in [5.41, 5.74) is 7.20. The van der Waals surface area contributed by atoms with Gasteiger partial charge in [-0.1, -0.05) is 90.1 Å². The van der Waals surface area contributed by atoms with Crippen LogP contribution < -0.4 is 14.8 Å². The van der Waals surface area contributed by atoms with Crippen molar-refractivity contribution in [1.29, 1.82) is 0 Å². The Morgan fingerprint density at radius 3 is 2.39 bits per heavy atom. The molecule has 6 heteroatoms. The molecule has 0 aliphatic heterocycles. The van der Waals surface area contributed by atoms with Crippen LogP contribution >= 0.6 is 0 Å². The number of nitrogens with zero attached hydrogens (tertiary/aromatic N) is 1. The largest absolute Gasteiger partial charge is 0.497 e. The molecule has 1 N–H and O–H groups in total. The first-order valence-corrected chi connectivity index (χ1v) is 14.8. The van der Waals surface area contributed by atoms with E-state index < -0.39 is 0 Å². The van der Waals surface area contributed by atoms with Crippen LogP contribution in [0.4, 0.5) is 5.88 Å². The zero-order valence-electron chi connectivity index (χ0n) is 24.7. The zero-order chi connectivity index (χ0) is 30.0. The second-order valence-corrected chi connectivity index (χ2v) is 11.2. The predicted octanol–water partition coefficient (Wildman–Crippen LogP) is 9.07. The molecule has 44 heavy (non-hydrogen) atoms. The number of aryl methyl sites for hydroxylation is 1. The number of carbonyl (C=O) groups is 1. The molecule has 5 aromatic carbocycles. The van der Waals surface area contributed by atoms with Gasteiger partial charge in [0.2, 0.25) is 11.8 Å². The topological polar surface area (TPSA) is 73.6 Å². The highest BCUT2D eigenvalue weighted by Crippen LogP contribution is 2.45. The van der Waals surface area contributed by atoms with E-state index in [0.717, 1.165) is 74.1 Å². The summed E-state index contributed by atoms with van der Waals surface area (Å²) < 4.78 is 17.8. The van der Waals surface area contributed by atoms with Crippen molar-refractivity contribution in [3.63, 3.8) is 0 Å². The first-order valence-electron chi connectivity index (χ1n) is 14.8. The number of nitrogens with one attached hydrogen (secondary N) is 1. The van der Waals surface area contributed by atoms with Gasteiger partial charge in [-0.3, -0.25) is 10.1 Å². The van der Waals surface area contributed by atoms with E-state index in [2.05, 4.69) is 71.1 Å². The summed E-state index contributed by atoms with van der Waals surface area (Å²) in [6.45, 7) is 2.49. The Bertz CT molecular complexity index is 1950. The van der Waals surface area contributed by atoms with Crippen molar-refractivity contribution >= 4 is 22.6 Å². The van der Waals surface area contributed by atoms with Gasteiger partial charge in [0.1, 0.15) is 23.8 Å². The summed E-state index contributed by atoms with van der Waals surface area (Å²) in [6, 6.07) is 36.8. The highest BCUT2D eigenvalue weighted by molar-refractivity contribution is 6.01. The Morgan fingerprint density at radius 1 is 0.864 bits per heavy atom. The van der Waals surface area contributed by atoms with Gasteiger partial charge in [-0.15, -0.1) is 0 Å². The van der Waals surface area contributed by atoms with Crippen molar-refractivity contribution in [3.8, 4) is 45.0 Å². The molecule has 218 valence electrons. The molecule has 0 radical (unpaired) electrons. The number of rotatable bonds is 9. The molecule has 0 saturated heterocycles. The van der Waals surface area contributed by atoms with Crippen LogP contribution in [0.3, 0.4) is 0 Å². The van der Waals surface area contributed by atoms with E-state index in [1.165, 1.54) is 0 Å². The first-order chi connectivity index (χ1) is 21.6. The van der Waals surface area contributed by atoms with E-state index in [0.29, 0.717) is 18.2 Å². The normalized spacial score (nSPS) is 12.7. The van der Waals surface area contributed by atoms with Crippen molar-refractivity contribution in [2.45, 2.75) is 26.4 Å². The Balaban J connectivity index is 1.39. The summed E-state index contributed by atoms with van der Waals surface area (Å²) >= 11 is 0. The number of carbonyl (C=O) groups excluding carboxylic acids is 1. The summed E-state index contributed by atoms with van der Waals surface area (Å²) in [6.07, 6.45) is 1.78. The lowest BCUT2D eigenvalue weighted by Gasteiger charge is -2.17. The van der Waals surface area contributed by atoms with E-state index in [1.807, 2.05) is 55.5 Å². The van der Waals surface area contributed by atoms with Crippen LogP contribution in [0.5, 0.6) is 11.5 Å². The molecule has 1 amide bonds. The Morgan fingerprint density at radius 2 is 1.61 bits per heavy atom. The predicted molar refractivity (Wildman–Crippen MR) is 174 cm³/mol. The number of fused-ring (bicyclic) bond motifs is 1. The summed E-state index contributed by atoms with van der Waals surface area (Å²) in [5.74, 6) is 1.85. The lowest BCUT2D eigenvalue weighted by molar-refractivity contribution is -0.117. The van der Waals surface area contributed by atoms with E-state index >= 15 is 0 Å². The number of methoxy groups -OCH3 is 1. The molecule has 1 aliphatic carbocycles. The molecule has 1 aliphatic rings. The maximum atomic E-state index is 12.8. The summed E-state index contributed by atoms with van der Waals surface area (Å²) in [5, 5.41) is 9.84. The van der Waals surface area contributed by atoms with E-state index in [9.17, 15) is 4.79 Å².